The molecule has 1 aliphatic heterocycles. The van der Waals surface area contributed by atoms with Crippen molar-refractivity contribution in [3.63, 3.8) is 0 Å². The molecule has 2 N–H and O–H groups in total. The molecule has 0 saturated heterocycles. The minimum atomic E-state index is 0.109. The van der Waals surface area contributed by atoms with Crippen LogP contribution in [0.3, 0.4) is 0 Å². The van der Waals surface area contributed by atoms with Crippen LogP contribution in [0.2, 0.25) is 0 Å². The summed E-state index contributed by atoms with van der Waals surface area (Å²) in [6.45, 7) is 3.68. The first-order chi connectivity index (χ1) is 8.18. The van der Waals surface area contributed by atoms with Gasteiger partial charge in [0.1, 0.15) is 0 Å². The predicted octanol–water partition coefficient (Wildman–Crippen LogP) is 2.17. The number of amides is 1. The standard InChI is InChI=1S/C14H18N2O/c1-2-16-9-14(7-4-8-14)10-5-3-6-11(15)12(10)13(16)17/h3,5-6H,2,4,7-9,15H2,1H3. The first-order valence-electron chi connectivity index (χ1n) is 6.36. The molecule has 3 nitrogen and oxygen atoms in total. The molecule has 1 amide bonds. The van der Waals surface area contributed by atoms with Gasteiger partial charge in [0.05, 0.1) is 5.56 Å². The summed E-state index contributed by atoms with van der Waals surface area (Å²) in [6, 6.07) is 5.90. The molecule has 90 valence electrons. The third-order valence-corrected chi connectivity index (χ3v) is 4.36. The Kier molecular flexibility index (Phi) is 2.18. The van der Waals surface area contributed by atoms with E-state index in [-0.39, 0.29) is 11.3 Å². The van der Waals surface area contributed by atoms with Crippen LogP contribution < -0.4 is 5.73 Å². The minimum absolute atomic E-state index is 0.109. The molecule has 1 saturated carbocycles. The molecule has 0 aromatic heterocycles. The number of fused-ring (bicyclic) bond motifs is 2. The Morgan fingerprint density at radius 2 is 2.18 bits per heavy atom. The average molecular weight is 230 g/mol. The van der Waals surface area contributed by atoms with Gasteiger partial charge in [-0.15, -0.1) is 0 Å². The van der Waals surface area contributed by atoms with E-state index in [2.05, 4.69) is 6.07 Å². The number of benzene rings is 1. The number of rotatable bonds is 1. The van der Waals surface area contributed by atoms with E-state index in [4.69, 9.17) is 5.73 Å². The first kappa shape index (κ1) is 10.6. The van der Waals surface area contributed by atoms with E-state index in [9.17, 15) is 4.79 Å². The van der Waals surface area contributed by atoms with Crippen LogP contribution in [0.4, 0.5) is 5.69 Å². The molecule has 2 aliphatic rings. The summed E-state index contributed by atoms with van der Waals surface area (Å²) in [5, 5.41) is 0. The Morgan fingerprint density at radius 1 is 1.41 bits per heavy atom. The lowest BCUT2D eigenvalue weighted by molar-refractivity contribution is 0.0605. The second kappa shape index (κ2) is 3.49. The van der Waals surface area contributed by atoms with Gasteiger partial charge in [0.15, 0.2) is 0 Å². The highest BCUT2D eigenvalue weighted by molar-refractivity contribution is 6.02. The van der Waals surface area contributed by atoms with Crippen molar-refractivity contribution >= 4 is 11.6 Å². The molecular formula is C14H18N2O. The summed E-state index contributed by atoms with van der Waals surface area (Å²) in [6.07, 6.45) is 3.64. The zero-order chi connectivity index (χ0) is 12.0. The molecule has 17 heavy (non-hydrogen) atoms. The molecule has 1 heterocycles. The summed E-state index contributed by atoms with van der Waals surface area (Å²) in [7, 11) is 0. The Bertz CT molecular complexity index is 477. The summed E-state index contributed by atoms with van der Waals surface area (Å²) < 4.78 is 0. The van der Waals surface area contributed by atoms with Gasteiger partial charge in [-0.1, -0.05) is 18.6 Å². The second-order valence-electron chi connectivity index (χ2n) is 5.22. The van der Waals surface area contributed by atoms with Crippen LogP contribution in [0.1, 0.15) is 42.1 Å². The predicted molar refractivity (Wildman–Crippen MR) is 68.0 cm³/mol. The SMILES string of the molecule is CCN1CC2(CCC2)c2cccc(N)c2C1=O. The fraction of sp³-hybridized carbons (Fsp3) is 0.500. The average Bonchev–Trinajstić information content (AvgIpc) is 2.27. The second-order valence-corrected chi connectivity index (χ2v) is 5.22. The minimum Gasteiger partial charge on any atom is -0.398 e. The Labute approximate surface area is 102 Å². The van der Waals surface area contributed by atoms with Crippen LogP contribution in [0.5, 0.6) is 0 Å². The molecule has 1 spiro atoms. The van der Waals surface area contributed by atoms with Crippen LogP contribution in [0.25, 0.3) is 0 Å². The highest BCUT2D eigenvalue weighted by atomic mass is 16.2. The smallest absolute Gasteiger partial charge is 0.256 e. The molecule has 3 rings (SSSR count). The fourth-order valence-electron chi connectivity index (χ4n) is 3.22. The first-order valence-corrected chi connectivity index (χ1v) is 6.36. The van der Waals surface area contributed by atoms with Crippen LogP contribution in [0, 0.1) is 0 Å². The van der Waals surface area contributed by atoms with Crippen molar-refractivity contribution in [2.75, 3.05) is 18.8 Å². The number of carbonyl (C=O) groups is 1. The van der Waals surface area contributed by atoms with Gasteiger partial charge in [-0.3, -0.25) is 4.79 Å². The van der Waals surface area contributed by atoms with Crippen molar-refractivity contribution in [2.45, 2.75) is 31.6 Å². The van der Waals surface area contributed by atoms with E-state index in [0.29, 0.717) is 5.69 Å². The summed E-state index contributed by atoms with van der Waals surface area (Å²) >= 11 is 0. The van der Waals surface area contributed by atoms with E-state index in [1.807, 2.05) is 24.0 Å². The van der Waals surface area contributed by atoms with Crippen molar-refractivity contribution in [3.05, 3.63) is 29.3 Å². The molecule has 1 fully saturated rings. The Morgan fingerprint density at radius 3 is 2.76 bits per heavy atom. The fourth-order valence-corrected chi connectivity index (χ4v) is 3.22. The van der Waals surface area contributed by atoms with Gasteiger partial charge >= 0.3 is 0 Å². The third kappa shape index (κ3) is 1.31. The number of carbonyl (C=O) groups excluding carboxylic acids is 1. The van der Waals surface area contributed by atoms with Gasteiger partial charge in [-0.05, 0) is 31.4 Å². The largest absolute Gasteiger partial charge is 0.398 e. The highest BCUT2D eigenvalue weighted by Gasteiger charge is 2.46. The maximum Gasteiger partial charge on any atom is 0.256 e. The molecule has 0 bridgehead atoms. The summed E-state index contributed by atoms with van der Waals surface area (Å²) in [4.78, 5) is 14.3. The van der Waals surface area contributed by atoms with Crippen LogP contribution in [0.15, 0.2) is 18.2 Å². The molecule has 1 aliphatic carbocycles. The topological polar surface area (TPSA) is 46.3 Å². The van der Waals surface area contributed by atoms with E-state index < -0.39 is 0 Å². The lowest BCUT2D eigenvalue weighted by Crippen LogP contribution is -2.52. The van der Waals surface area contributed by atoms with Gasteiger partial charge in [0.2, 0.25) is 0 Å². The number of hydrogen-bond donors (Lipinski definition) is 1. The number of hydrogen-bond acceptors (Lipinski definition) is 2. The van der Waals surface area contributed by atoms with E-state index in [0.717, 1.165) is 18.7 Å². The molecule has 0 radical (unpaired) electrons. The lowest BCUT2D eigenvalue weighted by atomic mass is 9.61. The van der Waals surface area contributed by atoms with Gasteiger partial charge in [0.25, 0.3) is 5.91 Å². The summed E-state index contributed by atoms with van der Waals surface area (Å²) in [5.74, 6) is 0.109. The summed E-state index contributed by atoms with van der Waals surface area (Å²) in [5.41, 5.74) is 8.80. The van der Waals surface area contributed by atoms with Crippen LogP contribution in [-0.4, -0.2) is 23.9 Å². The zero-order valence-corrected chi connectivity index (χ0v) is 10.2. The number of likely N-dealkylation sites (N-methyl/N-ethyl adjacent to an activating group) is 1. The van der Waals surface area contributed by atoms with E-state index in [1.165, 1.54) is 24.8 Å². The molecular weight excluding hydrogens is 212 g/mol. The van der Waals surface area contributed by atoms with Crippen molar-refractivity contribution < 1.29 is 4.79 Å². The zero-order valence-electron chi connectivity index (χ0n) is 10.2. The van der Waals surface area contributed by atoms with Gasteiger partial charge < -0.3 is 10.6 Å². The number of nitrogen functional groups attached to an aromatic ring is 1. The van der Waals surface area contributed by atoms with Crippen molar-refractivity contribution in [3.8, 4) is 0 Å². The Balaban J connectivity index is 2.18. The molecule has 0 unspecified atom stereocenters. The van der Waals surface area contributed by atoms with Crippen molar-refractivity contribution in [1.29, 1.82) is 0 Å². The normalized spacial score (nSPS) is 21.2. The van der Waals surface area contributed by atoms with Crippen LogP contribution in [-0.2, 0) is 5.41 Å². The number of nitrogens with two attached hydrogens (primary N) is 1. The molecule has 0 atom stereocenters. The maximum absolute atomic E-state index is 12.3. The van der Waals surface area contributed by atoms with Crippen LogP contribution >= 0.6 is 0 Å². The number of anilines is 1. The third-order valence-electron chi connectivity index (χ3n) is 4.36. The lowest BCUT2D eigenvalue weighted by Gasteiger charge is -2.49. The Hall–Kier alpha value is -1.51. The number of nitrogens with zero attached hydrogens (tertiary/aromatic N) is 1. The molecule has 1 aromatic rings. The van der Waals surface area contributed by atoms with E-state index >= 15 is 0 Å². The maximum atomic E-state index is 12.3. The molecule has 1 aromatic carbocycles. The van der Waals surface area contributed by atoms with E-state index in [1.54, 1.807) is 0 Å². The van der Waals surface area contributed by atoms with Gasteiger partial charge in [-0.2, -0.15) is 0 Å². The van der Waals surface area contributed by atoms with Crippen molar-refractivity contribution in [1.82, 2.24) is 4.90 Å². The van der Waals surface area contributed by atoms with Crippen molar-refractivity contribution in [2.24, 2.45) is 0 Å². The quantitative estimate of drug-likeness (QED) is 0.751. The highest BCUT2D eigenvalue weighted by Crippen LogP contribution is 2.49. The molecule has 3 heteroatoms. The van der Waals surface area contributed by atoms with Gasteiger partial charge in [0, 0.05) is 24.2 Å². The van der Waals surface area contributed by atoms with Gasteiger partial charge in [-0.25, -0.2) is 0 Å². The monoisotopic (exact) mass is 230 g/mol.